The minimum Gasteiger partial charge on any atom is -0.484 e. The summed E-state index contributed by atoms with van der Waals surface area (Å²) < 4.78 is 11.3. The summed E-state index contributed by atoms with van der Waals surface area (Å²) in [6, 6.07) is 17.9. The number of aromatic nitrogens is 3. The second-order valence-corrected chi connectivity index (χ2v) is 9.03. The van der Waals surface area contributed by atoms with Gasteiger partial charge in [0.15, 0.2) is 6.61 Å². The van der Waals surface area contributed by atoms with Gasteiger partial charge < -0.3 is 25.0 Å². The van der Waals surface area contributed by atoms with E-state index in [-0.39, 0.29) is 18.6 Å². The molecule has 0 radical (unpaired) electrons. The molecule has 5 rings (SSSR count). The van der Waals surface area contributed by atoms with Crippen LogP contribution in [-0.4, -0.2) is 60.0 Å². The van der Waals surface area contributed by atoms with Gasteiger partial charge in [-0.05, 0) is 50.2 Å². The highest BCUT2D eigenvalue weighted by atomic mass is 16.5. The first kappa shape index (κ1) is 23.6. The summed E-state index contributed by atoms with van der Waals surface area (Å²) in [5.41, 5.74) is 4.58. The zero-order valence-electron chi connectivity index (χ0n) is 20.5. The third-order valence-corrected chi connectivity index (χ3v) is 5.83. The van der Waals surface area contributed by atoms with E-state index in [0.29, 0.717) is 19.0 Å². The van der Waals surface area contributed by atoms with Gasteiger partial charge in [-0.3, -0.25) is 9.89 Å². The SMILES string of the molecule is CC(C)NC(=O)COc1cccc(-c2cc(Nc3ccc4[nH]ncc4c3)cc(N3CCOCC3)n2)c1. The number of nitrogens with zero attached hydrogens (tertiary/aromatic N) is 3. The molecule has 1 saturated heterocycles. The van der Waals surface area contributed by atoms with Crippen LogP contribution in [0.3, 0.4) is 0 Å². The number of amides is 1. The maximum atomic E-state index is 12.0. The van der Waals surface area contributed by atoms with Crippen molar-refractivity contribution < 1.29 is 14.3 Å². The normalized spacial score (nSPS) is 13.7. The Bertz CT molecular complexity index is 1350. The van der Waals surface area contributed by atoms with Gasteiger partial charge in [-0.25, -0.2) is 4.98 Å². The number of H-pyrrole nitrogens is 1. The number of ether oxygens (including phenoxy) is 2. The van der Waals surface area contributed by atoms with Crippen LogP contribution in [0.2, 0.25) is 0 Å². The average molecular weight is 487 g/mol. The minimum absolute atomic E-state index is 0.0355. The van der Waals surface area contributed by atoms with Crippen LogP contribution in [0.15, 0.2) is 60.8 Å². The molecule has 1 fully saturated rings. The van der Waals surface area contributed by atoms with Crippen LogP contribution in [0.5, 0.6) is 5.75 Å². The van der Waals surface area contributed by atoms with Gasteiger partial charge in [0.25, 0.3) is 5.91 Å². The van der Waals surface area contributed by atoms with E-state index < -0.39 is 0 Å². The highest BCUT2D eigenvalue weighted by Gasteiger charge is 2.16. The third kappa shape index (κ3) is 5.75. The van der Waals surface area contributed by atoms with Gasteiger partial charge in [0.2, 0.25) is 0 Å². The molecule has 0 aliphatic carbocycles. The van der Waals surface area contributed by atoms with Gasteiger partial charge in [-0.1, -0.05) is 12.1 Å². The molecule has 3 heterocycles. The van der Waals surface area contributed by atoms with Crippen molar-refractivity contribution in [3.63, 3.8) is 0 Å². The molecule has 1 aliphatic rings. The van der Waals surface area contributed by atoms with Crippen molar-refractivity contribution in [2.45, 2.75) is 19.9 Å². The summed E-state index contributed by atoms with van der Waals surface area (Å²) in [7, 11) is 0. The molecule has 9 nitrogen and oxygen atoms in total. The van der Waals surface area contributed by atoms with Crippen molar-refractivity contribution in [1.29, 1.82) is 0 Å². The first-order chi connectivity index (χ1) is 17.5. The van der Waals surface area contributed by atoms with Crippen LogP contribution < -0.4 is 20.3 Å². The number of rotatable bonds is 8. The molecule has 9 heteroatoms. The molecule has 0 unspecified atom stereocenters. The van der Waals surface area contributed by atoms with Crippen LogP contribution in [0.1, 0.15) is 13.8 Å². The predicted molar refractivity (Wildman–Crippen MR) is 141 cm³/mol. The maximum absolute atomic E-state index is 12.0. The molecule has 2 aromatic heterocycles. The van der Waals surface area contributed by atoms with Crippen LogP contribution in [0, 0.1) is 0 Å². The fourth-order valence-electron chi connectivity index (χ4n) is 4.14. The van der Waals surface area contributed by atoms with E-state index in [2.05, 4.69) is 37.9 Å². The predicted octanol–water partition coefficient (Wildman–Crippen LogP) is 4.11. The van der Waals surface area contributed by atoms with Gasteiger partial charge in [0, 0.05) is 47.5 Å². The van der Waals surface area contributed by atoms with Gasteiger partial charge in [-0.15, -0.1) is 0 Å². The lowest BCUT2D eigenvalue weighted by atomic mass is 10.1. The smallest absolute Gasteiger partial charge is 0.258 e. The number of hydrogen-bond donors (Lipinski definition) is 3. The van der Waals surface area contributed by atoms with Crippen LogP contribution in [0.4, 0.5) is 17.2 Å². The Morgan fingerprint density at radius 1 is 1.11 bits per heavy atom. The average Bonchev–Trinajstić information content (AvgIpc) is 3.36. The quantitative estimate of drug-likeness (QED) is 0.344. The summed E-state index contributed by atoms with van der Waals surface area (Å²) in [5, 5.41) is 14.5. The number of hydrogen-bond acceptors (Lipinski definition) is 7. The number of nitrogens with one attached hydrogen (secondary N) is 3. The van der Waals surface area contributed by atoms with E-state index in [0.717, 1.165) is 52.4 Å². The molecule has 0 atom stereocenters. The monoisotopic (exact) mass is 486 g/mol. The van der Waals surface area contributed by atoms with Crippen LogP contribution in [-0.2, 0) is 9.53 Å². The first-order valence-corrected chi connectivity index (χ1v) is 12.1. The Kier molecular flexibility index (Phi) is 6.99. The van der Waals surface area contributed by atoms with Crippen molar-refractivity contribution >= 4 is 34.0 Å². The van der Waals surface area contributed by atoms with Crippen molar-refractivity contribution in [3.05, 3.63) is 60.8 Å². The molecular formula is C27H30N6O3. The van der Waals surface area contributed by atoms with E-state index in [1.165, 1.54) is 0 Å². The van der Waals surface area contributed by atoms with E-state index in [9.17, 15) is 4.79 Å². The number of aromatic amines is 1. The number of fused-ring (bicyclic) bond motifs is 1. The van der Waals surface area contributed by atoms with Crippen LogP contribution >= 0.6 is 0 Å². The highest BCUT2D eigenvalue weighted by Crippen LogP contribution is 2.30. The lowest BCUT2D eigenvalue weighted by molar-refractivity contribution is -0.123. The number of benzene rings is 2. The lowest BCUT2D eigenvalue weighted by Crippen LogP contribution is -2.36. The molecule has 3 N–H and O–H groups in total. The van der Waals surface area contributed by atoms with Crippen molar-refractivity contribution in [2.24, 2.45) is 0 Å². The second-order valence-electron chi connectivity index (χ2n) is 9.03. The Morgan fingerprint density at radius 2 is 1.97 bits per heavy atom. The molecule has 4 aromatic rings. The van der Waals surface area contributed by atoms with Gasteiger partial charge in [0.1, 0.15) is 11.6 Å². The van der Waals surface area contributed by atoms with E-state index in [4.69, 9.17) is 14.5 Å². The topological polar surface area (TPSA) is 104 Å². The molecule has 0 saturated carbocycles. The highest BCUT2D eigenvalue weighted by molar-refractivity contribution is 5.83. The van der Waals surface area contributed by atoms with E-state index in [1.807, 2.05) is 62.5 Å². The number of anilines is 3. The minimum atomic E-state index is -0.149. The number of carbonyl (C=O) groups excluding carboxylic acids is 1. The molecule has 0 bridgehead atoms. The molecule has 1 aliphatic heterocycles. The van der Waals surface area contributed by atoms with E-state index in [1.54, 1.807) is 0 Å². The second kappa shape index (κ2) is 10.7. The molecule has 186 valence electrons. The number of carbonyl (C=O) groups is 1. The fourth-order valence-corrected chi connectivity index (χ4v) is 4.14. The maximum Gasteiger partial charge on any atom is 0.258 e. The zero-order chi connectivity index (χ0) is 24.9. The first-order valence-electron chi connectivity index (χ1n) is 12.1. The van der Waals surface area contributed by atoms with Gasteiger partial charge in [-0.2, -0.15) is 5.10 Å². The standard InChI is InChI=1S/C27H30N6O3/c1-18(2)29-27(34)17-36-23-5-3-4-19(13-23)25-14-22(15-26(31-25)33-8-10-35-11-9-33)30-21-6-7-24-20(12-21)16-28-32-24/h3-7,12-16,18H,8-11,17H2,1-2H3,(H,28,32)(H,29,34)(H,30,31). The van der Waals surface area contributed by atoms with Crippen molar-refractivity contribution in [3.8, 4) is 17.0 Å². The summed E-state index contributed by atoms with van der Waals surface area (Å²) in [4.78, 5) is 19.2. The molecule has 2 aromatic carbocycles. The molecular weight excluding hydrogens is 456 g/mol. The Hall–Kier alpha value is -4.11. The molecule has 1 amide bonds. The number of pyridine rings is 1. The Labute approximate surface area is 209 Å². The summed E-state index contributed by atoms with van der Waals surface area (Å²) in [6.45, 7) is 6.72. The van der Waals surface area contributed by atoms with Gasteiger partial charge >= 0.3 is 0 Å². The van der Waals surface area contributed by atoms with E-state index >= 15 is 0 Å². The molecule has 0 spiro atoms. The van der Waals surface area contributed by atoms with Crippen LogP contribution in [0.25, 0.3) is 22.2 Å². The Balaban J connectivity index is 1.43. The molecule has 36 heavy (non-hydrogen) atoms. The summed E-state index contributed by atoms with van der Waals surface area (Å²) in [6.07, 6.45) is 1.81. The summed E-state index contributed by atoms with van der Waals surface area (Å²) >= 11 is 0. The fraction of sp³-hybridized carbons (Fsp3) is 0.296. The lowest BCUT2D eigenvalue weighted by Gasteiger charge is -2.28. The third-order valence-electron chi connectivity index (χ3n) is 5.83. The van der Waals surface area contributed by atoms with Crippen molar-refractivity contribution in [2.75, 3.05) is 43.1 Å². The van der Waals surface area contributed by atoms with Gasteiger partial charge in [0.05, 0.1) is 30.6 Å². The number of morpholine rings is 1. The van der Waals surface area contributed by atoms with Crippen molar-refractivity contribution in [1.82, 2.24) is 20.5 Å². The zero-order valence-corrected chi connectivity index (χ0v) is 20.5. The Morgan fingerprint density at radius 3 is 2.81 bits per heavy atom. The summed E-state index contributed by atoms with van der Waals surface area (Å²) in [5.74, 6) is 1.35. The largest absolute Gasteiger partial charge is 0.484 e.